The first-order chi connectivity index (χ1) is 8.70. The van der Waals surface area contributed by atoms with Crippen molar-refractivity contribution in [3.8, 4) is 0 Å². The summed E-state index contributed by atoms with van der Waals surface area (Å²) in [4.78, 5) is 12.0. The number of carbonyl (C=O) groups is 1. The lowest BCUT2D eigenvalue weighted by molar-refractivity contribution is -0.344. The van der Waals surface area contributed by atoms with Crippen LogP contribution in [-0.2, 0) is 4.74 Å². The van der Waals surface area contributed by atoms with Crippen LogP contribution in [0.2, 0.25) is 0 Å². The molecule has 1 rings (SSSR count). The maximum atomic E-state index is 13.6. The quantitative estimate of drug-likeness (QED) is 0.700. The van der Waals surface area contributed by atoms with E-state index in [0.29, 0.717) is 4.90 Å². The summed E-state index contributed by atoms with van der Waals surface area (Å²) in [5.74, 6) is -4.50. The number of halogens is 5. The molecule has 1 saturated heterocycles. The fourth-order valence-electron chi connectivity index (χ4n) is 1.76. The number of ether oxygens (including phenoxy) is 1. The maximum absolute atomic E-state index is 13.6. The van der Waals surface area contributed by atoms with E-state index in [1.807, 2.05) is 0 Å². The van der Waals surface area contributed by atoms with Gasteiger partial charge in [0, 0.05) is 13.0 Å². The molecule has 1 unspecified atom stereocenters. The number of hydrogen-bond donors (Lipinski definition) is 1. The minimum atomic E-state index is -5.48. The van der Waals surface area contributed by atoms with Gasteiger partial charge in [-0.1, -0.05) is 0 Å². The number of alkyl halides is 5. The molecule has 1 aliphatic heterocycles. The lowest BCUT2D eigenvalue weighted by atomic mass is 9.87. The summed E-state index contributed by atoms with van der Waals surface area (Å²) < 4.78 is 69.6. The van der Waals surface area contributed by atoms with Crippen molar-refractivity contribution in [1.82, 2.24) is 4.90 Å². The van der Waals surface area contributed by atoms with Crippen molar-refractivity contribution >= 4 is 6.09 Å². The first kappa shape index (κ1) is 16.9. The predicted octanol–water partition coefficient (Wildman–Crippen LogP) is 2.56. The van der Waals surface area contributed by atoms with Crippen LogP contribution in [0.4, 0.5) is 26.7 Å². The van der Waals surface area contributed by atoms with Crippen LogP contribution >= 0.6 is 0 Å². The van der Waals surface area contributed by atoms with Crippen molar-refractivity contribution in [3.63, 3.8) is 0 Å². The predicted molar refractivity (Wildman–Crippen MR) is 58.4 cm³/mol. The third-order valence-corrected chi connectivity index (χ3v) is 2.86. The zero-order valence-electron chi connectivity index (χ0n) is 11.2. The van der Waals surface area contributed by atoms with E-state index in [-0.39, 0.29) is 0 Å². The van der Waals surface area contributed by atoms with Crippen molar-refractivity contribution in [2.45, 2.75) is 50.5 Å². The molecule has 118 valence electrons. The molecular formula is C11H16F5NO3. The van der Waals surface area contributed by atoms with E-state index in [0.717, 1.165) is 0 Å². The molecule has 1 N–H and O–H groups in total. The van der Waals surface area contributed by atoms with Gasteiger partial charge >= 0.3 is 18.2 Å². The van der Waals surface area contributed by atoms with Gasteiger partial charge in [-0.15, -0.1) is 0 Å². The minimum Gasteiger partial charge on any atom is -0.444 e. The molecular weight excluding hydrogens is 289 g/mol. The Balaban J connectivity index is 2.87. The summed E-state index contributed by atoms with van der Waals surface area (Å²) in [6, 6.07) is 0. The number of aliphatic hydroxyl groups is 1. The van der Waals surface area contributed by atoms with Crippen LogP contribution in [0, 0.1) is 0 Å². The maximum Gasteiger partial charge on any atom is 0.423 e. The SMILES string of the molecule is CC(C)(C)OC(=O)N1CCC(O)(C(F)(F)F)C(F)(F)C1. The molecule has 0 bridgehead atoms. The van der Waals surface area contributed by atoms with Crippen LogP contribution in [0.25, 0.3) is 0 Å². The summed E-state index contributed by atoms with van der Waals surface area (Å²) in [6.45, 7) is 2.29. The number of carbonyl (C=O) groups excluding carboxylic acids is 1. The Hall–Kier alpha value is -1.12. The zero-order chi connectivity index (χ0) is 16.0. The largest absolute Gasteiger partial charge is 0.444 e. The third-order valence-electron chi connectivity index (χ3n) is 2.86. The summed E-state index contributed by atoms with van der Waals surface area (Å²) in [5, 5.41) is 9.21. The molecule has 1 amide bonds. The molecule has 0 aliphatic carbocycles. The Labute approximate surface area is 112 Å². The average molecular weight is 305 g/mol. The highest BCUT2D eigenvalue weighted by Crippen LogP contribution is 2.47. The van der Waals surface area contributed by atoms with Gasteiger partial charge in [0.2, 0.25) is 5.60 Å². The van der Waals surface area contributed by atoms with Crippen LogP contribution in [0.5, 0.6) is 0 Å². The van der Waals surface area contributed by atoms with Crippen molar-refractivity contribution in [1.29, 1.82) is 0 Å². The van der Waals surface area contributed by atoms with Crippen LogP contribution < -0.4 is 0 Å². The lowest BCUT2D eigenvalue weighted by Crippen LogP contribution is -2.67. The van der Waals surface area contributed by atoms with Gasteiger partial charge in [-0.25, -0.2) is 13.6 Å². The van der Waals surface area contributed by atoms with Gasteiger partial charge in [0.25, 0.3) is 0 Å². The highest BCUT2D eigenvalue weighted by Gasteiger charge is 2.70. The highest BCUT2D eigenvalue weighted by molar-refractivity contribution is 5.68. The number of piperidine rings is 1. The average Bonchev–Trinajstić information content (AvgIpc) is 2.17. The van der Waals surface area contributed by atoms with E-state index in [4.69, 9.17) is 4.74 Å². The second-order valence-corrected chi connectivity index (χ2v) is 5.71. The number of hydrogen-bond acceptors (Lipinski definition) is 3. The second kappa shape index (κ2) is 4.71. The number of rotatable bonds is 0. The zero-order valence-corrected chi connectivity index (χ0v) is 11.2. The standard InChI is InChI=1S/C11H16F5NO3/c1-8(2,3)20-7(18)17-5-4-9(19,11(14,15)16)10(12,13)6-17/h19H,4-6H2,1-3H3. The van der Waals surface area contributed by atoms with Gasteiger partial charge in [-0.05, 0) is 20.8 Å². The molecule has 1 atom stereocenters. The monoisotopic (exact) mass is 305 g/mol. The number of amides is 1. The van der Waals surface area contributed by atoms with Gasteiger partial charge in [-0.3, -0.25) is 0 Å². The minimum absolute atomic E-state index is 0.464. The Kier molecular flexibility index (Phi) is 3.99. The van der Waals surface area contributed by atoms with Gasteiger partial charge in [-0.2, -0.15) is 13.2 Å². The molecule has 0 saturated carbocycles. The van der Waals surface area contributed by atoms with Crippen LogP contribution in [0.15, 0.2) is 0 Å². The van der Waals surface area contributed by atoms with E-state index in [2.05, 4.69) is 0 Å². The Morgan fingerprint density at radius 1 is 1.25 bits per heavy atom. The Bertz CT molecular complexity index is 391. The van der Waals surface area contributed by atoms with Crippen molar-refractivity contribution in [2.75, 3.05) is 13.1 Å². The molecule has 0 aromatic heterocycles. The molecule has 1 heterocycles. The molecule has 0 aromatic carbocycles. The normalized spacial score (nSPS) is 27.4. The topological polar surface area (TPSA) is 49.8 Å². The summed E-state index contributed by atoms with van der Waals surface area (Å²) >= 11 is 0. The Morgan fingerprint density at radius 3 is 2.10 bits per heavy atom. The van der Waals surface area contributed by atoms with Crippen molar-refractivity contribution in [2.24, 2.45) is 0 Å². The van der Waals surface area contributed by atoms with E-state index < -0.39 is 48.9 Å². The first-order valence-corrected chi connectivity index (χ1v) is 5.84. The Morgan fingerprint density at radius 2 is 1.75 bits per heavy atom. The molecule has 0 aromatic rings. The van der Waals surface area contributed by atoms with Crippen molar-refractivity contribution in [3.05, 3.63) is 0 Å². The van der Waals surface area contributed by atoms with Gasteiger partial charge in [0.1, 0.15) is 5.60 Å². The van der Waals surface area contributed by atoms with Crippen molar-refractivity contribution < 1.29 is 36.6 Å². The molecule has 9 heteroatoms. The fourth-order valence-corrected chi connectivity index (χ4v) is 1.76. The molecule has 20 heavy (non-hydrogen) atoms. The number of likely N-dealkylation sites (tertiary alicyclic amines) is 1. The smallest absolute Gasteiger partial charge is 0.423 e. The van der Waals surface area contributed by atoms with Crippen LogP contribution in [-0.4, -0.2) is 52.5 Å². The summed E-state index contributed by atoms with van der Waals surface area (Å²) in [7, 11) is 0. The van der Waals surface area contributed by atoms with E-state index >= 15 is 0 Å². The first-order valence-electron chi connectivity index (χ1n) is 5.84. The molecule has 1 fully saturated rings. The third kappa shape index (κ3) is 3.13. The highest BCUT2D eigenvalue weighted by atomic mass is 19.4. The number of nitrogens with zero attached hydrogens (tertiary/aromatic N) is 1. The van der Waals surface area contributed by atoms with E-state index in [1.54, 1.807) is 0 Å². The molecule has 0 radical (unpaired) electrons. The van der Waals surface area contributed by atoms with E-state index in [9.17, 15) is 31.9 Å². The summed E-state index contributed by atoms with van der Waals surface area (Å²) in [5.41, 5.74) is -5.08. The second-order valence-electron chi connectivity index (χ2n) is 5.71. The molecule has 0 spiro atoms. The van der Waals surface area contributed by atoms with Crippen LogP contribution in [0.1, 0.15) is 27.2 Å². The summed E-state index contributed by atoms with van der Waals surface area (Å²) in [6.07, 6.45) is -7.92. The lowest BCUT2D eigenvalue weighted by Gasteiger charge is -2.44. The molecule has 4 nitrogen and oxygen atoms in total. The molecule has 1 aliphatic rings. The van der Waals surface area contributed by atoms with Gasteiger partial charge in [0.15, 0.2) is 0 Å². The van der Waals surface area contributed by atoms with Gasteiger partial charge < -0.3 is 14.7 Å². The van der Waals surface area contributed by atoms with E-state index in [1.165, 1.54) is 20.8 Å². The van der Waals surface area contributed by atoms with Gasteiger partial charge in [0.05, 0.1) is 6.54 Å². The van der Waals surface area contributed by atoms with Crippen LogP contribution in [0.3, 0.4) is 0 Å². The fraction of sp³-hybridized carbons (Fsp3) is 0.909.